The van der Waals surface area contributed by atoms with Crippen LogP contribution in [0.4, 0.5) is 21.0 Å². The van der Waals surface area contributed by atoms with Crippen molar-refractivity contribution in [1.82, 2.24) is 14.7 Å². The Hall–Kier alpha value is -7.66. The summed E-state index contributed by atoms with van der Waals surface area (Å²) < 4.78 is 46.6. The number of anilines is 1. The number of ether oxygens (including phenoxy) is 5. The van der Waals surface area contributed by atoms with E-state index in [-0.39, 0.29) is 64.7 Å². The van der Waals surface area contributed by atoms with E-state index in [1.54, 1.807) is 49.8 Å². The van der Waals surface area contributed by atoms with Crippen LogP contribution < -0.4 is 19.1 Å². The number of esters is 1. The lowest BCUT2D eigenvalue weighted by molar-refractivity contribution is -0.384. The van der Waals surface area contributed by atoms with Gasteiger partial charge < -0.3 is 42.8 Å². The third-order valence-electron chi connectivity index (χ3n) is 13.3. The van der Waals surface area contributed by atoms with Crippen LogP contribution in [-0.2, 0) is 41.1 Å². The number of likely N-dealkylation sites (N-methyl/N-ethyl adjacent to an activating group) is 1. The van der Waals surface area contributed by atoms with Crippen LogP contribution in [0.25, 0.3) is 21.7 Å². The molecule has 1 saturated heterocycles. The molecule has 5 heterocycles. The summed E-state index contributed by atoms with van der Waals surface area (Å²) in [6.07, 6.45) is 0.295. The first-order valence-electron chi connectivity index (χ1n) is 26.1. The fraction of sp³-hybridized carbons (Fsp3) is 0.379. The van der Waals surface area contributed by atoms with Crippen molar-refractivity contribution in [3.8, 4) is 17.2 Å². The first kappa shape index (κ1) is 59.5. The Morgan fingerprint density at radius 1 is 0.926 bits per heavy atom. The van der Waals surface area contributed by atoms with Crippen molar-refractivity contribution in [2.75, 3.05) is 70.5 Å². The second kappa shape index (κ2) is 25.9. The Morgan fingerprint density at radius 2 is 1.65 bits per heavy atom. The highest BCUT2D eigenvalue weighted by Crippen LogP contribution is 2.47. The Balaban J connectivity index is 0.000000213. The Kier molecular flexibility index (Phi) is 19.0. The number of benzene rings is 4. The van der Waals surface area contributed by atoms with Gasteiger partial charge in [0.2, 0.25) is 5.91 Å². The first-order valence-corrected chi connectivity index (χ1v) is 28.9. The third kappa shape index (κ3) is 14.1. The number of halogens is 1. The minimum absolute atomic E-state index is 0.0165. The number of hydrogen-bond donors (Lipinski definition) is 0. The van der Waals surface area contributed by atoms with E-state index in [0.29, 0.717) is 42.6 Å². The number of carbonyl (C=O) groups is 6. The molecular weight excluding hydrogens is 1110 g/mol. The van der Waals surface area contributed by atoms with E-state index < -0.39 is 63.3 Å². The molecule has 3 aliphatic heterocycles. The zero-order chi connectivity index (χ0) is 58.3. The predicted octanol–water partition coefficient (Wildman–Crippen LogP) is 10.3. The number of amides is 3. The van der Waals surface area contributed by atoms with Crippen LogP contribution in [0, 0.1) is 16.0 Å². The zero-order valence-corrected chi connectivity index (χ0v) is 48.2. The molecule has 4 atom stereocenters. The molecule has 428 valence electrons. The molecule has 1 unspecified atom stereocenters. The number of nitrogens with zero attached hydrogens (tertiary/aromatic N) is 5. The fourth-order valence-corrected chi connectivity index (χ4v) is 12.2. The van der Waals surface area contributed by atoms with Gasteiger partial charge in [0.1, 0.15) is 58.5 Å². The third-order valence-corrected chi connectivity index (χ3v) is 16.3. The Labute approximate surface area is 479 Å². The molecule has 4 aromatic carbocycles. The van der Waals surface area contributed by atoms with E-state index in [2.05, 4.69) is 11.8 Å². The molecule has 1 fully saturated rings. The quantitative estimate of drug-likeness (QED) is 0.0183. The van der Waals surface area contributed by atoms with Crippen molar-refractivity contribution in [3.05, 3.63) is 134 Å². The second-order valence-corrected chi connectivity index (χ2v) is 23.7. The number of β-lactam (4-membered cyclic amide) rings is 1. The molecule has 0 aliphatic carbocycles. The number of hydrogen-bond acceptors (Lipinski definition) is 17. The summed E-state index contributed by atoms with van der Waals surface area (Å²) in [5.74, 6) is -1.30. The van der Waals surface area contributed by atoms with E-state index in [4.69, 9.17) is 39.7 Å². The molecule has 0 radical (unpaired) electrons. The molecule has 0 spiro atoms. The van der Waals surface area contributed by atoms with Gasteiger partial charge in [-0.05, 0) is 100 Å². The normalized spacial score (nSPS) is 17.4. The number of carbonyl (C=O) groups excluding carboxylic acids is 6. The molecule has 0 bridgehead atoms. The maximum Gasteiger partial charge on any atom is 0.514 e. The number of Topliss-reactive ketones (excluding diaryl/α,β-unsaturated/α-hetero) is 1. The average Bonchev–Trinajstić information content (AvgIpc) is 3.94. The van der Waals surface area contributed by atoms with E-state index >= 15 is 0 Å². The minimum atomic E-state index is -1.69. The first-order chi connectivity index (χ1) is 38.6. The monoisotopic (exact) mass is 1170 g/mol. The molecule has 3 amide bonds. The number of nitro groups is 1. The van der Waals surface area contributed by atoms with Crippen LogP contribution >= 0.6 is 22.9 Å². The summed E-state index contributed by atoms with van der Waals surface area (Å²) >= 11 is 7.86. The number of fused-ring (bicyclic) bond motifs is 5. The smallest absolute Gasteiger partial charge is 0.492 e. The molecule has 0 saturated carbocycles. The molecule has 3 aliphatic rings. The molecule has 23 heteroatoms. The fourth-order valence-electron chi connectivity index (χ4n) is 9.43. The predicted molar refractivity (Wildman–Crippen MR) is 306 cm³/mol. The van der Waals surface area contributed by atoms with Crippen molar-refractivity contribution in [3.63, 3.8) is 0 Å². The number of nitro benzene ring substituents is 1. The van der Waals surface area contributed by atoms with Gasteiger partial charge in [0.15, 0.2) is 5.76 Å². The van der Waals surface area contributed by atoms with E-state index in [9.17, 15) is 43.1 Å². The molecule has 0 N–H and O–H groups in total. The lowest BCUT2D eigenvalue weighted by atomic mass is 9.89. The van der Waals surface area contributed by atoms with Crippen LogP contribution in [0.15, 0.2) is 112 Å². The molecule has 9 rings (SSSR count). The van der Waals surface area contributed by atoms with Gasteiger partial charge in [-0.25, -0.2) is 14.4 Å². The number of non-ortho nitro benzene ring substituents is 1. The lowest BCUT2D eigenvalue weighted by Gasteiger charge is -2.49. The number of thiophene rings is 1. The summed E-state index contributed by atoms with van der Waals surface area (Å²) in [6.45, 7) is 8.84. The van der Waals surface area contributed by atoms with Gasteiger partial charge in [-0.2, -0.15) is 0 Å². The van der Waals surface area contributed by atoms with Gasteiger partial charge in [-0.3, -0.25) is 33.6 Å². The molecular formula is C58H62ClN5O15S2. The topological polar surface area (TPSA) is 235 Å². The highest BCUT2D eigenvalue weighted by atomic mass is 35.5. The Morgan fingerprint density at radius 3 is 2.32 bits per heavy atom. The van der Waals surface area contributed by atoms with E-state index in [1.165, 1.54) is 23.5 Å². The molecule has 81 heavy (non-hydrogen) atoms. The number of furan rings is 1. The summed E-state index contributed by atoms with van der Waals surface area (Å²) in [5.41, 5.74) is 1.06. The van der Waals surface area contributed by atoms with Crippen molar-refractivity contribution >= 4 is 103 Å². The van der Waals surface area contributed by atoms with Crippen molar-refractivity contribution in [2.24, 2.45) is 5.92 Å². The lowest BCUT2D eigenvalue weighted by Crippen LogP contribution is -2.66. The van der Waals surface area contributed by atoms with Crippen molar-refractivity contribution < 1.29 is 66.0 Å². The van der Waals surface area contributed by atoms with Crippen molar-refractivity contribution in [1.29, 1.82) is 0 Å². The van der Waals surface area contributed by atoms with E-state index in [1.807, 2.05) is 74.1 Å². The Bertz CT molecular complexity index is 3410. The van der Waals surface area contributed by atoms with Crippen LogP contribution in [0.5, 0.6) is 17.2 Å². The summed E-state index contributed by atoms with van der Waals surface area (Å²) in [6, 6.07) is 25.2. The van der Waals surface area contributed by atoms with Gasteiger partial charge in [0, 0.05) is 102 Å². The maximum absolute atomic E-state index is 13.9. The van der Waals surface area contributed by atoms with Crippen LogP contribution in [0.2, 0.25) is 0 Å². The average molecular weight is 1170 g/mol. The van der Waals surface area contributed by atoms with Gasteiger partial charge >= 0.3 is 18.2 Å². The van der Waals surface area contributed by atoms with Gasteiger partial charge in [0.25, 0.3) is 11.6 Å². The SMILES string of the molecule is CC(C)(C)OC(=O)C1=C(COC(=O)Oc2ccc([N+](=O)[O-])cc2)CS(=O)[C@@H]2[C@H](CC(=O)Cc3cccs3)C(=O)N12.CCCCN(C)C(=O)Oc1cc2c(c3ccccc13)[C@H](CCl)CN2C(=O)c1cc2cc(OCCN(C)C)ccc2o1. The number of ketones is 1. The highest BCUT2D eigenvalue weighted by Gasteiger charge is 2.57. The van der Waals surface area contributed by atoms with Crippen LogP contribution in [0.1, 0.15) is 73.9 Å². The standard InChI is InChI=1S/C32H36ClN3O5.C26H26N2O10S2/c1-5-6-13-35(4)32(38)41-28-18-26-30(25-10-8-7-9-24(25)28)22(19-33)20-36(26)31(37)29-17-21-16-23(11-12-27(21)40-29)39-15-14-34(2)3;1-26(2,3)38-24(31)21-15(13-36-25(32)37-18-8-6-16(7-9-18)28(33)34)14-40(35)23-20(22(30)27(21)23)12-17(29)11-19-5-4-10-39-19/h7-12,16-18,22H,5-6,13-15,19-20H2,1-4H3;4-10,20,23H,11-14H2,1-3H3/t22-;20-,23-,40?/m11/s1. The van der Waals surface area contributed by atoms with Crippen LogP contribution in [0.3, 0.4) is 0 Å². The number of rotatable bonds is 19. The summed E-state index contributed by atoms with van der Waals surface area (Å²) in [5, 5.41) is 14.2. The largest absolute Gasteiger partial charge is 0.514 e. The van der Waals surface area contributed by atoms with Gasteiger partial charge in [-0.15, -0.1) is 22.9 Å². The van der Waals surface area contributed by atoms with Gasteiger partial charge in [-0.1, -0.05) is 43.7 Å². The number of alkyl halides is 1. The molecule has 2 aromatic heterocycles. The maximum atomic E-state index is 13.9. The molecule has 20 nitrogen and oxygen atoms in total. The second-order valence-electron chi connectivity index (χ2n) is 20.8. The minimum Gasteiger partial charge on any atom is -0.492 e. The highest BCUT2D eigenvalue weighted by molar-refractivity contribution is 7.86. The van der Waals surface area contributed by atoms with Crippen LogP contribution in [-0.4, -0.2) is 136 Å². The zero-order valence-electron chi connectivity index (χ0n) is 45.8. The number of unbranched alkanes of at least 4 members (excludes halogenated alkanes) is 1. The van der Waals surface area contributed by atoms with Crippen molar-refractivity contribution in [2.45, 2.75) is 70.3 Å². The molecule has 6 aromatic rings. The summed E-state index contributed by atoms with van der Waals surface area (Å²) in [4.78, 5) is 95.5. The van der Waals surface area contributed by atoms with Gasteiger partial charge in [0.05, 0.1) is 22.3 Å². The summed E-state index contributed by atoms with van der Waals surface area (Å²) in [7, 11) is 4.03. The van der Waals surface area contributed by atoms with E-state index in [0.717, 1.165) is 68.8 Å².